The molecule has 1 aromatic rings. The first-order valence-electron chi connectivity index (χ1n) is 5.70. The lowest BCUT2D eigenvalue weighted by Crippen LogP contribution is -2.34. The van der Waals surface area contributed by atoms with Crippen LogP contribution in [0.3, 0.4) is 0 Å². The van der Waals surface area contributed by atoms with Gasteiger partial charge in [0, 0.05) is 23.7 Å². The van der Waals surface area contributed by atoms with E-state index in [-0.39, 0.29) is 0 Å². The van der Waals surface area contributed by atoms with Gasteiger partial charge in [-0.05, 0) is 29.4 Å². The highest BCUT2D eigenvalue weighted by atomic mass is 79.9. The van der Waals surface area contributed by atoms with Gasteiger partial charge in [-0.25, -0.2) is 4.98 Å². The van der Waals surface area contributed by atoms with Gasteiger partial charge in [0.1, 0.15) is 10.5 Å². The maximum absolute atomic E-state index is 5.30. The summed E-state index contributed by atoms with van der Waals surface area (Å²) < 4.78 is 1.60. The van der Waals surface area contributed by atoms with Crippen molar-refractivity contribution >= 4 is 39.9 Å². The van der Waals surface area contributed by atoms with Gasteiger partial charge in [0.25, 0.3) is 0 Å². The second-order valence-electron chi connectivity index (χ2n) is 4.14. The van der Waals surface area contributed by atoms with Gasteiger partial charge in [-0.3, -0.25) is 4.90 Å². The molecule has 1 atom stereocenters. The quantitative estimate of drug-likeness (QED) is 0.842. The lowest BCUT2D eigenvalue weighted by Gasteiger charge is -2.31. The summed E-state index contributed by atoms with van der Waals surface area (Å²) in [7, 11) is 2.15. The van der Waals surface area contributed by atoms with Crippen molar-refractivity contribution in [2.24, 2.45) is 0 Å². The molecule has 0 amide bonds. The zero-order valence-corrected chi connectivity index (χ0v) is 13.2. The molecule has 0 aliphatic carbocycles. The number of nitrogens with one attached hydrogen (secondary N) is 1. The summed E-state index contributed by atoms with van der Waals surface area (Å²) in [6.45, 7) is 3.23. The predicted molar refractivity (Wildman–Crippen MR) is 79.2 cm³/mol. The number of halogens is 1. The molecule has 94 valence electrons. The van der Waals surface area contributed by atoms with E-state index in [1.807, 2.05) is 11.8 Å². The molecule has 1 saturated heterocycles. The number of H-pyrrole nitrogens is 1. The van der Waals surface area contributed by atoms with E-state index in [4.69, 9.17) is 12.2 Å². The van der Waals surface area contributed by atoms with Crippen LogP contribution in [0.1, 0.15) is 24.5 Å². The van der Waals surface area contributed by atoms with Crippen LogP contribution < -0.4 is 0 Å². The third-order valence-corrected chi connectivity index (χ3v) is 5.45. The van der Waals surface area contributed by atoms with E-state index in [0.29, 0.717) is 10.7 Å². The topological polar surface area (TPSA) is 31.9 Å². The Morgan fingerprint density at radius 2 is 2.41 bits per heavy atom. The van der Waals surface area contributed by atoms with Crippen LogP contribution in [-0.2, 0) is 6.42 Å². The summed E-state index contributed by atoms with van der Waals surface area (Å²) in [5.74, 6) is 3.29. The van der Waals surface area contributed by atoms with Gasteiger partial charge in [-0.2, -0.15) is 11.8 Å². The van der Waals surface area contributed by atoms with Gasteiger partial charge in [0.15, 0.2) is 0 Å². The number of nitrogens with zero attached hydrogens (tertiary/aromatic N) is 2. The van der Waals surface area contributed by atoms with E-state index < -0.39 is 0 Å². The number of aromatic nitrogens is 2. The Kier molecular flexibility index (Phi) is 4.63. The Hall–Kier alpha value is 0.0900. The van der Waals surface area contributed by atoms with E-state index >= 15 is 0 Å². The Labute approximate surface area is 120 Å². The SMILES string of the molecule is CCc1[nH]c(C2CSCCN2C)nc(=S)c1Br. The molecule has 0 bridgehead atoms. The number of thioether (sulfide) groups is 1. The predicted octanol–water partition coefficient (Wildman–Crippen LogP) is 3.18. The minimum Gasteiger partial charge on any atom is -0.345 e. The lowest BCUT2D eigenvalue weighted by atomic mass is 10.2. The Balaban J connectivity index is 2.38. The number of aryl methyl sites for hydroxylation is 1. The fraction of sp³-hybridized carbons (Fsp3) is 0.636. The standard InChI is InChI=1S/C11H16BrN3S2/c1-3-7-9(12)11(16)14-10(13-7)8-6-17-5-4-15(8)2/h8H,3-6H2,1-2H3,(H,13,14,16). The third kappa shape index (κ3) is 2.92. The summed E-state index contributed by atoms with van der Waals surface area (Å²) in [5, 5.41) is 0. The van der Waals surface area contributed by atoms with Crippen molar-refractivity contribution in [1.29, 1.82) is 0 Å². The molecule has 1 fully saturated rings. The Morgan fingerprint density at radius 3 is 3.06 bits per heavy atom. The van der Waals surface area contributed by atoms with Gasteiger partial charge in [0.05, 0.1) is 10.5 Å². The maximum Gasteiger partial charge on any atom is 0.144 e. The molecular formula is C11H16BrN3S2. The molecule has 2 rings (SSSR count). The van der Waals surface area contributed by atoms with Crippen molar-refractivity contribution < 1.29 is 0 Å². The normalized spacial score (nSPS) is 21.7. The summed E-state index contributed by atoms with van der Waals surface area (Å²) in [6, 6.07) is 0.355. The van der Waals surface area contributed by atoms with Crippen LogP contribution in [0.2, 0.25) is 0 Å². The molecule has 1 aliphatic heterocycles. The summed E-state index contributed by atoms with van der Waals surface area (Å²) >= 11 is 10.8. The van der Waals surface area contributed by atoms with Gasteiger partial charge < -0.3 is 4.98 Å². The average molecular weight is 334 g/mol. The van der Waals surface area contributed by atoms with E-state index in [9.17, 15) is 0 Å². The molecule has 3 nitrogen and oxygen atoms in total. The Bertz CT molecular complexity index is 461. The summed E-state index contributed by atoms with van der Waals surface area (Å²) in [6.07, 6.45) is 0.934. The fourth-order valence-electron chi connectivity index (χ4n) is 1.90. The van der Waals surface area contributed by atoms with E-state index in [1.54, 1.807) is 0 Å². The highest BCUT2D eigenvalue weighted by Gasteiger charge is 2.23. The van der Waals surface area contributed by atoms with Crippen LogP contribution in [0, 0.1) is 4.64 Å². The highest BCUT2D eigenvalue weighted by molar-refractivity contribution is 9.10. The first-order chi connectivity index (χ1) is 8.13. The molecule has 1 aromatic heterocycles. The van der Waals surface area contributed by atoms with Crippen LogP contribution in [0.15, 0.2) is 4.47 Å². The molecular weight excluding hydrogens is 318 g/mol. The molecule has 0 aromatic carbocycles. The monoisotopic (exact) mass is 333 g/mol. The second-order valence-corrected chi connectivity index (χ2v) is 6.47. The van der Waals surface area contributed by atoms with Crippen molar-refractivity contribution in [1.82, 2.24) is 14.9 Å². The van der Waals surface area contributed by atoms with E-state index in [1.165, 1.54) is 5.75 Å². The third-order valence-electron chi connectivity index (χ3n) is 3.02. The van der Waals surface area contributed by atoms with Crippen molar-refractivity contribution in [3.8, 4) is 0 Å². The van der Waals surface area contributed by atoms with Crippen molar-refractivity contribution in [3.05, 3.63) is 20.6 Å². The van der Waals surface area contributed by atoms with E-state index in [2.05, 4.69) is 44.8 Å². The number of hydrogen-bond acceptors (Lipinski definition) is 4. The zero-order chi connectivity index (χ0) is 12.4. The van der Waals surface area contributed by atoms with Gasteiger partial charge >= 0.3 is 0 Å². The molecule has 0 radical (unpaired) electrons. The smallest absolute Gasteiger partial charge is 0.144 e. The van der Waals surface area contributed by atoms with Crippen LogP contribution in [-0.4, -0.2) is 40.0 Å². The highest BCUT2D eigenvalue weighted by Crippen LogP contribution is 2.27. The van der Waals surface area contributed by atoms with Crippen LogP contribution in [0.5, 0.6) is 0 Å². The number of hydrogen-bond donors (Lipinski definition) is 1. The van der Waals surface area contributed by atoms with Crippen molar-refractivity contribution in [2.75, 3.05) is 25.1 Å². The van der Waals surface area contributed by atoms with Crippen molar-refractivity contribution in [3.63, 3.8) is 0 Å². The van der Waals surface area contributed by atoms with Gasteiger partial charge in [-0.1, -0.05) is 19.1 Å². The molecule has 1 aliphatic rings. The number of aromatic amines is 1. The molecule has 2 heterocycles. The van der Waals surface area contributed by atoms with Crippen molar-refractivity contribution in [2.45, 2.75) is 19.4 Å². The molecule has 17 heavy (non-hydrogen) atoms. The van der Waals surface area contributed by atoms with Crippen LogP contribution in [0.4, 0.5) is 0 Å². The number of rotatable bonds is 2. The molecule has 0 spiro atoms. The first-order valence-corrected chi connectivity index (χ1v) is 8.05. The largest absolute Gasteiger partial charge is 0.345 e. The van der Waals surface area contributed by atoms with Gasteiger partial charge in [-0.15, -0.1) is 0 Å². The molecule has 0 saturated carbocycles. The second kappa shape index (κ2) is 5.82. The van der Waals surface area contributed by atoms with Crippen LogP contribution in [0.25, 0.3) is 0 Å². The lowest BCUT2D eigenvalue weighted by molar-refractivity contribution is 0.264. The first kappa shape index (κ1) is 13.5. The molecule has 1 unspecified atom stereocenters. The minimum atomic E-state index is 0.355. The summed E-state index contributed by atoms with van der Waals surface area (Å²) in [4.78, 5) is 10.3. The molecule has 1 N–H and O–H groups in total. The van der Waals surface area contributed by atoms with Crippen LogP contribution >= 0.6 is 39.9 Å². The molecule has 6 heteroatoms. The fourth-order valence-corrected chi connectivity index (χ4v) is 3.81. The zero-order valence-electron chi connectivity index (χ0n) is 9.99. The van der Waals surface area contributed by atoms with Gasteiger partial charge in [0.2, 0.25) is 0 Å². The summed E-state index contributed by atoms with van der Waals surface area (Å²) in [5.41, 5.74) is 1.14. The average Bonchev–Trinajstić information content (AvgIpc) is 2.33. The maximum atomic E-state index is 5.30. The van der Waals surface area contributed by atoms with E-state index in [0.717, 1.165) is 34.7 Å². The minimum absolute atomic E-state index is 0.355. The Morgan fingerprint density at radius 1 is 1.65 bits per heavy atom.